The summed E-state index contributed by atoms with van der Waals surface area (Å²) in [6.07, 6.45) is 0. The SMILES string of the molecule is Cc1[nH]c(-c2ccccc2)nc1C(C)N1CCN(C(c2ccc(Cl)cc2)c2ccc(Cl)cc2)CC1. The van der Waals surface area contributed by atoms with Crippen LogP contribution in [-0.4, -0.2) is 45.9 Å². The normalized spacial score (nSPS) is 16.0. The minimum Gasteiger partial charge on any atom is -0.342 e. The number of hydrogen-bond acceptors (Lipinski definition) is 3. The first-order valence-electron chi connectivity index (χ1n) is 12.1. The van der Waals surface area contributed by atoms with Crippen molar-refractivity contribution in [2.75, 3.05) is 26.2 Å². The molecule has 1 fully saturated rings. The second-order valence-electron chi connectivity index (χ2n) is 9.22. The summed E-state index contributed by atoms with van der Waals surface area (Å²) in [5.74, 6) is 0.939. The van der Waals surface area contributed by atoms with E-state index in [9.17, 15) is 0 Å². The first-order valence-corrected chi connectivity index (χ1v) is 12.9. The average Bonchev–Trinajstić information content (AvgIpc) is 3.28. The van der Waals surface area contributed by atoms with Gasteiger partial charge >= 0.3 is 0 Å². The zero-order valence-electron chi connectivity index (χ0n) is 20.1. The zero-order chi connectivity index (χ0) is 24.4. The Morgan fingerprint density at radius 1 is 0.743 bits per heavy atom. The molecule has 180 valence electrons. The Balaban J connectivity index is 1.33. The van der Waals surface area contributed by atoms with Gasteiger partial charge in [0.15, 0.2) is 0 Å². The fourth-order valence-electron chi connectivity index (χ4n) is 5.07. The van der Waals surface area contributed by atoms with Gasteiger partial charge in [0.05, 0.1) is 17.8 Å². The topological polar surface area (TPSA) is 35.2 Å². The summed E-state index contributed by atoms with van der Waals surface area (Å²) in [6.45, 7) is 8.28. The highest BCUT2D eigenvalue weighted by Crippen LogP contribution is 2.33. The Kier molecular flexibility index (Phi) is 7.26. The van der Waals surface area contributed by atoms with Crippen LogP contribution in [0, 0.1) is 6.92 Å². The fraction of sp³-hybridized carbons (Fsp3) is 0.276. The maximum atomic E-state index is 6.19. The number of halogens is 2. The molecule has 4 nitrogen and oxygen atoms in total. The van der Waals surface area contributed by atoms with E-state index in [1.807, 2.05) is 42.5 Å². The van der Waals surface area contributed by atoms with Gasteiger partial charge in [-0.1, -0.05) is 77.8 Å². The van der Waals surface area contributed by atoms with E-state index in [0.29, 0.717) is 0 Å². The number of rotatable bonds is 6. The Bertz CT molecular complexity index is 1200. The van der Waals surface area contributed by atoms with Crippen molar-refractivity contribution in [3.8, 4) is 11.4 Å². The van der Waals surface area contributed by atoms with E-state index in [-0.39, 0.29) is 12.1 Å². The van der Waals surface area contributed by atoms with E-state index in [1.165, 1.54) is 11.1 Å². The highest BCUT2D eigenvalue weighted by atomic mass is 35.5. The third-order valence-electron chi connectivity index (χ3n) is 7.00. The molecule has 1 saturated heterocycles. The van der Waals surface area contributed by atoms with Crippen LogP contribution >= 0.6 is 23.2 Å². The molecule has 1 aromatic heterocycles. The van der Waals surface area contributed by atoms with Crippen molar-refractivity contribution in [1.29, 1.82) is 0 Å². The molecule has 1 atom stereocenters. The summed E-state index contributed by atoms with van der Waals surface area (Å²) in [5.41, 5.74) is 5.87. The van der Waals surface area contributed by atoms with Gasteiger partial charge in [-0.25, -0.2) is 4.98 Å². The van der Waals surface area contributed by atoms with E-state index in [1.54, 1.807) is 0 Å². The average molecular weight is 505 g/mol. The maximum absolute atomic E-state index is 6.19. The summed E-state index contributed by atoms with van der Waals surface area (Å²) in [5, 5.41) is 1.51. The molecule has 0 spiro atoms. The predicted molar refractivity (Wildman–Crippen MR) is 145 cm³/mol. The highest BCUT2D eigenvalue weighted by Gasteiger charge is 2.30. The Morgan fingerprint density at radius 3 is 1.80 bits per heavy atom. The molecule has 35 heavy (non-hydrogen) atoms. The van der Waals surface area contributed by atoms with Crippen molar-refractivity contribution in [1.82, 2.24) is 19.8 Å². The van der Waals surface area contributed by atoms with Gasteiger partial charge in [0.25, 0.3) is 0 Å². The van der Waals surface area contributed by atoms with Crippen LogP contribution in [0.3, 0.4) is 0 Å². The molecule has 0 amide bonds. The molecule has 1 N–H and O–H groups in total. The number of benzene rings is 3. The van der Waals surface area contributed by atoms with E-state index in [0.717, 1.165) is 59.0 Å². The van der Waals surface area contributed by atoms with Crippen molar-refractivity contribution in [3.05, 3.63) is 111 Å². The van der Waals surface area contributed by atoms with Gasteiger partial charge < -0.3 is 4.98 Å². The van der Waals surface area contributed by atoms with Crippen LogP contribution in [0.25, 0.3) is 11.4 Å². The predicted octanol–water partition coefficient (Wildman–Crippen LogP) is 7.16. The van der Waals surface area contributed by atoms with Gasteiger partial charge in [0.2, 0.25) is 0 Å². The molecule has 0 bridgehead atoms. The van der Waals surface area contributed by atoms with Crippen molar-refractivity contribution in [2.24, 2.45) is 0 Å². The molecular weight excluding hydrogens is 475 g/mol. The number of aryl methyl sites for hydroxylation is 1. The molecule has 5 rings (SSSR count). The largest absolute Gasteiger partial charge is 0.342 e. The standard InChI is InChI=1S/C29H30Cl2N4/c1-20-27(33-29(32-20)24-6-4-3-5-7-24)21(2)34-16-18-35(19-17-34)28(22-8-12-25(30)13-9-22)23-10-14-26(31)15-11-23/h3-15,21,28H,16-19H2,1-2H3,(H,32,33). The molecule has 3 aromatic carbocycles. The molecule has 2 heterocycles. The van der Waals surface area contributed by atoms with Crippen molar-refractivity contribution < 1.29 is 0 Å². The van der Waals surface area contributed by atoms with Crippen molar-refractivity contribution >= 4 is 23.2 Å². The van der Waals surface area contributed by atoms with Crippen LogP contribution < -0.4 is 0 Å². The first kappa shape index (κ1) is 24.1. The minimum absolute atomic E-state index is 0.166. The number of imidazole rings is 1. The van der Waals surface area contributed by atoms with Crippen molar-refractivity contribution in [2.45, 2.75) is 25.9 Å². The van der Waals surface area contributed by atoms with Crippen LogP contribution in [0.2, 0.25) is 10.0 Å². The molecule has 1 aliphatic rings. The lowest BCUT2D eigenvalue weighted by atomic mass is 9.96. The second kappa shape index (κ2) is 10.5. The number of piperazine rings is 1. The quantitative estimate of drug-likeness (QED) is 0.302. The van der Waals surface area contributed by atoms with Gasteiger partial charge in [-0.3, -0.25) is 9.80 Å². The number of H-pyrrole nitrogens is 1. The third-order valence-corrected chi connectivity index (χ3v) is 7.50. The summed E-state index contributed by atoms with van der Waals surface area (Å²) in [6, 6.07) is 27.2. The van der Waals surface area contributed by atoms with Crippen LogP contribution in [-0.2, 0) is 0 Å². The van der Waals surface area contributed by atoms with Crippen LogP contribution in [0.4, 0.5) is 0 Å². The first-order chi connectivity index (χ1) is 17.0. The van der Waals surface area contributed by atoms with Gasteiger partial charge in [0, 0.05) is 47.5 Å². The summed E-state index contributed by atoms with van der Waals surface area (Å²) >= 11 is 12.4. The maximum Gasteiger partial charge on any atom is 0.137 e. The minimum atomic E-state index is 0.166. The molecule has 0 radical (unpaired) electrons. The lowest BCUT2D eigenvalue weighted by Gasteiger charge is -2.41. The number of nitrogens with one attached hydrogen (secondary N) is 1. The molecule has 4 aromatic rings. The van der Waals surface area contributed by atoms with Crippen LogP contribution in [0.15, 0.2) is 78.9 Å². The molecule has 0 aliphatic carbocycles. The molecule has 1 unspecified atom stereocenters. The van der Waals surface area contributed by atoms with Gasteiger partial charge in [-0.2, -0.15) is 0 Å². The molecule has 6 heteroatoms. The number of hydrogen-bond donors (Lipinski definition) is 1. The summed E-state index contributed by atoms with van der Waals surface area (Å²) < 4.78 is 0. The second-order valence-corrected chi connectivity index (χ2v) is 10.1. The Labute approximate surface area is 217 Å². The summed E-state index contributed by atoms with van der Waals surface area (Å²) in [7, 11) is 0. The van der Waals surface area contributed by atoms with E-state index < -0.39 is 0 Å². The Morgan fingerprint density at radius 2 is 1.26 bits per heavy atom. The molecular formula is C29H30Cl2N4. The van der Waals surface area contributed by atoms with Gasteiger partial charge in [-0.15, -0.1) is 0 Å². The van der Waals surface area contributed by atoms with Crippen molar-refractivity contribution in [3.63, 3.8) is 0 Å². The summed E-state index contributed by atoms with van der Waals surface area (Å²) in [4.78, 5) is 13.6. The van der Waals surface area contributed by atoms with Gasteiger partial charge in [-0.05, 0) is 49.2 Å². The fourth-order valence-corrected chi connectivity index (χ4v) is 5.33. The lowest BCUT2D eigenvalue weighted by Crippen LogP contribution is -2.48. The highest BCUT2D eigenvalue weighted by molar-refractivity contribution is 6.30. The molecule has 0 saturated carbocycles. The van der Waals surface area contributed by atoms with Gasteiger partial charge in [0.1, 0.15) is 5.82 Å². The lowest BCUT2D eigenvalue weighted by molar-refractivity contribution is 0.0826. The smallest absolute Gasteiger partial charge is 0.137 e. The Hall–Kier alpha value is -2.63. The number of aromatic amines is 1. The van der Waals surface area contributed by atoms with Crippen LogP contribution in [0.5, 0.6) is 0 Å². The van der Waals surface area contributed by atoms with E-state index >= 15 is 0 Å². The number of nitrogens with zero attached hydrogens (tertiary/aromatic N) is 3. The van der Waals surface area contributed by atoms with E-state index in [2.05, 4.69) is 65.0 Å². The molecule has 1 aliphatic heterocycles. The zero-order valence-corrected chi connectivity index (χ0v) is 21.6. The van der Waals surface area contributed by atoms with Crippen LogP contribution in [0.1, 0.15) is 41.5 Å². The van der Waals surface area contributed by atoms with E-state index in [4.69, 9.17) is 28.2 Å². The monoisotopic (exact) mass is 504 g/mol. The third kappa shape index (κ3) is 5.31. The number of aromatic nitrogens is 2.